The van der Waals surface area contributed by atoms with Crippen molar-refractivity contribution in [2.45, 2.75) is 54.3 Å². The topological polar surface area (TPSA) is 91.6 Å². The third-order valence-corrected chi connectivity index (χ3v) is 7.48. The number of phenolic OH excluding ortho intramolecular Hbond substituents is 1. The Balaban J connectivity index is 1.86. The first-order valence-corrected chi connectivity index (χ1v) is 9.09. The number of likely N-dealkylation sites (tertiary alicyclic amines) is 1. The van der Waals surface area contributed by atoms with E-state index in [2.05, 4.69) is 4.90 Å². The van der Waals surface area contributed by atoms with Crippen molar-refractivity contribution in [1.82, 2.24) is 4.90 Å². The first-order chi connectivity index (χ1) is 12.4. The zero-order valence-corrected chi connectivity index (χ0v) is 15.2. The number of fused-ring (bicyclic) bond motifs is 3. The number of aliphatic hydroxyl groups excluding tert-OH is 1. The SMILES string of the molecule is COc1ccc2c(c1O)[C@@]13CCN(C)[C@@]14C[C@@H]2O[C@]4(O)[C@@H](OC)[C@@H](O)C3. The normalized spacial score (nSPS) is 46.1. The number of benzene rings is 1. The number of phenols is 1. The molecule has 1 spiro atoms. The van der Waals surface area contributed by atoms with Crippen LogP contribution in [0.4, 0.5) is 0 Å². The predicted molar refractivity (Wildman–Crippen MR) is 91.1 cm³/mol. The van der Waals surface area contributed by atoms with Crippen LogP contribution in [0, 0.1) is 0 Å². The van der Waals surface area contributed by atoms with E-state index in [0.29, 0.717) is 25.0 Å². The summed E-state index contributed by atoms with van der Waals surface area (Å²) in [4.78, 5) is 2.13. The van der Waals surface area contributed by atoms with Crippen LogP contribution in [0.2, 0.25) is 0 Å². The highest BCUT2D eigenvalue weighted by Crippen LogP contribution is 2.72. The van der Waals surface area contributed by atoms with Gasteiger partial charge in [-0.1, -0.05) is 6.07 Å². The van der Waals surface area contributed by atoms with Crippen molar-refractivity contribution < 1.29 is 29.5 Å². The maximum Gasteiger partial charge on any atom is 0.215 e. The van der Waals surface area contributed by atoms with Crippen molar-refractivity contribution in [1.29, 1.82) is 0 Å². The van der Waals surface area contributed by atoms with Gasteiger partial charge >= 0.3 is 0 Å². The van der Waals surface area contributed by atoms with Gasteiger partial charge in [-0.05, 0) is 38.1 Å². The van der Waals surface area contributed by atoms with Gasteiger partial charge in [0.05, 0.1) is 24.9 Å². The molecular formula is C19H25NO6. The highest BCUT2D eigenvalue weighted by Gasteiger charge is 2.81. The quantitative estimate of drug-likeness (QED) is 0.711. The molecule has 2 bridgehead atoms. The van der Waals surface area contributed by atoms with Gasteiger partial charge in [0.1, 0.15) is 6.10 Å². The van der Waals surface area contributed by atoms with Gasteiger partial charge in [-0.2, -0.15) is 0 Å². The maximum atomic E-state index is 11.8. The fourth-order valence-corrected chi connectivity index (χ4v) is 6.61. The van der Waals surface area contributed by atoms with Gasteiger partial charge in [-0.25, -0.2) is 0 Å². The second-order valence-corrected chi connectivity index (χ2v) is 8.13. The molecule has 0 amide bonds. The Morgan fingerprint density at radius 3 is 2.73 bits per heavy atom. The summed E-state index contributed by atoms with van der Waals surface area (Å²) in [5.41, 5.74) is 0.226. The molecule has 142 valence electrons. The van der Waals surface area contributed by atoms with Crippen LogP contribution in [0.1, 0.15) is 36.5 Å². The lowest BCUT2D eigenvalue weighted by molar-refractivity contribution is -0.328. The van der Waals surface area contributed by atoms with Crippen molar-refractivity contribution in [3.05, 3.63) is 23.3 Å². The summed E-state index contributed by atoms with van der Waals surface area (Å²) >= 11 is 0. The molecule has 7 heteroatoms. The van der Waals surface area contributed by atoms with Crippen molar-refractivity contribution in [3.8, 4) is 11.5 Å². The fourth-order valence-electron chi connectivity index (χ4n) is 6.61. The van der Waals surface area contributed by atoms with Crippen LogP contribution in [-0.4, -0.2) is 71.6 Å². The minimum atomic E-state index is -1.66. The van der Waals surface area contributed by atoms with Crippen LogP contribution in [0.15, 0.2) is 12.1 Å². The van der Waals surface area contributed by atoms with E-state index in [-0.39, 0.29) is 11.9 Å². The molecule has 6 atom stereocenters. The number of likely N-dealkylation sites (N-methyl/N-ethyl adjacent to an activating group) is 1. The number of nitrogens with zero attached hydrogens (tertiary/aromatic N) is 1. The minimum Gasteiger partial charge on any atom is -0.504 e. The van der Waals surface area contributed by atoms with E-state index in [1.54, 1.807) is 6.07 Å². The van der Waals surface area contributed by atoms with Crippen molar-refractivity contribution in [2.24, 2.45) is 0 Å². The van der Waals surface area contributed by atoms with Crippen LogP contribution in [0.5, 0.6) is 11.5 Å². The lowest BCUT2D eigenvalue weighted by Gasteiger charge is -2.60. The van der Waals surface area contributed by atoms with Gasteiger partial charge in [0, 0.05) is 24.5 Å². The molecule has 0 radical (unpaired) electrons. The largest absolute Gasteiger partial charge is 0.504 e. The lowest BCUT2D eigenvalue weighted by atomic mass is 9.50. The summed E-state index contributed by atoms with van der Waals surface area (Å²) in [6.45, 7) is 0.734. The van der Waals surface area contributed by atoms with Gasteiger partial charge in [-0.3, -0.25) is 4.90 Å². The summed E-state index contributed by atoms with van der Waals surface area (Å²) in [7, 11) is 4.99. The number of rotatable bonds is 2. The van der Waals surface area contributed by atoms with E-state index >= 15 is 0 Å². The van der Waals surface area contributed by atoms with E-state index in [9.17, 15) is 15.3 Å². The molecule has 2 aliphatic carbocycles. The third kappa shape index (κ3) is 1.48. The molecule has 3 fully saturated rings. The van der Waals surface area contributed by atoms with Crippen molar-refractivity contribution in [2.75, 3.05) is 27.8 Å². The first kappa shape index (κ1) is 16.8. The molecule has 2 saturated heterocycles. The van der Waals surface area contributed by atoms with E-state index < -0.39 is 28.9 Å². The number of hydrogen-bond acceptors (Lipinski definition) is 7. The number of hydrogen-bond donors (Lipinski definition) is 3. The molecule has 1 aromatic rings. The Morgan fingerprint density at radius 1 is 1.27 bits per heavy atom. The molecule has 1 saturated carbocycles. The molecule has 3 N–H and O–H groups in total. The molecule has 26 heavy (non-hydrogen) atoms. The van der Waals surface area contributed by atoms with Crippen molar-refractivity contribution in [3.63, 3.8) is 0 Å². The second kappa shape index (κ2) is 4.91. The Kier molecular flexibility index (Phi) is 3.17. The molecule has 0 aromatic heterocycles. The summed E-state index contributed by atoms with van der Waals surface area (Å²) in [5.74, 6) is -1.17. The zero-order valence-electron chi connectivity index (χ0n) is 15.2. The monoisotopic (exact) mass is 363 g/mol. The first-order valence-electron chi connectivity index (χ1n) is 9.09. The van der Waals surface area contributed by atoms with Crippen LogP contribution in [-0.2, 0) is 14.9 Å². The number of aliphatic hydroxyl groups is 2. The van der Waals surface area contributed by atoms with Crippen LogP contribution >= 0.6 is 0 Å². The zero-order chi connectivity index (χ0) is 18.5. The number of ether oxygens (including phenoxy) is 3. The maximum absolute atomic E-state index is 11.8. The van der Waals surface area contributed by atoms with E-state index in [4.69, 9.17) is 14.2 Å². The van der Waals surface area contributed by atoms with Crippen LogP contribution in [0.3, 0.4) is 0 Å². The van der Waals surface area contributed by atoms with Crippen molar-refractivity contribution >= 4 is 0 Å². The molecule has 2 aliphatic heterocycles. The molecule has 1 aromatic carbocycles. The molecule has 0 unspecified atom stereocenters. The summed E-state index contributed by atoms with van der Waals surface area (Å²) in [6.07, 6.45) is -0.418. The van der Waals surface area contributed by atoms with E-state index in [1.807, 2.05) is 13.1 Å². The number of methoxy groups -OCH3 is 2. The van der Waals surface area contributed by atoms with Gasteiger partial charge in [0.2, 0.25) is 5.79 Å². The Bertz CT molecular complexity index is 786. The number of aromatic hydroxyl groups is 1. The molecule has 4 aliphatic rings. The van der Waals surface area contributed by atoms with Crippen LogP contribution in [0.25, 0.3) is 0 Å². The van der Waals surface area contributed by atoms with Gasteiger partial charge in [-0.15, -0.1) is 0 Å². The van der Waals surface area contributed by atoms with Gasteiger partial charge in [0.15, 0.2) is 11.5 Å². The van der Waals surface area contributed by atoms with E-state index in [1.165, 1.54) is 14.2 Å². The average Bonchev–Trinajstić information content (AvgIpc) is 3.07. The fraction of sp³-hybridized carbons (Fsp3) is 0.684. The Morgan fingerprint density at radius 2 is 2.04 bits per heavy atom. The van der Waals surface area contributed by atoms with Gasteiger partial charge in [0.25, 0.3) is 0 Å². The highest BCUT2D eigenvalue weighted by molar-refractivity contribution is 5.60. The predicted octanol–water partition coefficient (Wildman–Crippen LogP) is 0.656. The second-order valence-electron chi connectivity index (χ2n) is 8.13. The lowest BCUT2D eigenvalue weighted by Crippen LogP contribution is -2.77. The van der Waals surface area contributed by atoms with Gasteiger partial charge < -0.3 is 29.5 Å². The molecule has 2 heterocycles. The van der Waals surface area contributed by atoms with Crippen LogP contribution < -0.4 is 4.74 Å². The smallest absolute Gasteiger partial charge is 0.215 e. The highest BCUT2D eigenvalue weighted by atomic mass is 16.7. The summed E-state index contributed by atoms with van der Waals surface area (Å²) in [6, 6.07) is 3.64. The Labute approximate surface area is 152 Å². The summed E-state index contributed by atoms with van der Waals surface area (Å²) in [5, 5.41) is 33.7. The minimum absolute atomic E-state index is 0.0882. The van der Waals surface area contributed by atoms with E-state index in [0.717, 1.165) is 17.7 Å². The molecule has 7 nitrogen and oxygen atoms in total. The average molecular weight is 363 g/mol. The molecule has 5 rings (SSSR count). The molecular weight excluding hydrogens is 338 g/mol. The standard InChI is InChI=1S/C19H25NO6/c1-20-7-6-17-8-11(21)16(25-3)19(23)18(17,20)9-13(26-19)10-4-5-12(24-2)15(22)14(10)17/h4-5,11,13,16,21-23H,6-9H2,1-3H3/t11-,13-,16-,17-,18-,19+/m0/s1. The summed E-state index contributed by atoms with van der Waals surface area (Å²) < 4.78 is 17.1. The third-order valence-electron chi connectivity index (χ3n) is 7.48. The Hall–Kier alpha value is -1.38.